The number of fused-ring (bicyclic) bond motifs is 1. The first kappa shape index (κ1) is 19.1. The zero-order valence-electron chi connectivity index (χ0n) is 15.4. The smallest absolute Gasteiger partial charge is 0.258 e. The molecule has 0 aliphatic heterocycles. The number of carbonyl (C=O) groups is 1. The Morgan fingerprint density at radius 1 is 1.00 bits per heavy atom. The summed E-state index contributed by atoms with van der Waals surface area (Å²) in [6.45, 7) is 0. The first-order valence-electron chi connectivity index (χ1n) is 8.66. The van der Waals surface area contributed by atoms with Gasteiger partial charge in [0, 0.05) is 23.5 Å². The van der Waals surface area contributed by atoms with Crippen LogP contribution in [0.25, 0.3) is 21.2 Å². The van der Waals surface area contributed by atoms with E-state index >= 15 is 0 Å². The quantitative estimate of drug-likeness (QED) is 0.501. The van der Waals surface area contributed by atoms with E-state index in [1.54, 1.807) is 42.7 Å². The number of hydrogen-bond acceptors (Lipinski definition) is 6. The number of nitrogens with two attached hydrogens (primary N) is 1. The number of hydrogen-bond donors (Lipinski definition) is 2. The molecule has 0 spiro atoms. The molecule has 0 saturated heterocycles. The molecule has 0 atom stereocenters. The van der Waals surface area contributed by atoms with Crippen LogP contribution >= 0.6 is 11.3 Å². The van der Waals surface area contributed by atoms with E-state index in [9.17, 15) is 13.2 Å². The second-order valence-electron chi connectivity index (χ2n) is 6.57. The van der Waals surface area contributed by atoms with Gasteiger partial charge in [-0.2, -0.15) is 0 Å². The van der Waals surface area contributed by atoms with Gasteiger partial charge in [-0.25, -0.2) is 8.42 Å². The van der Waals surface area contributed by atoms with Crippen LogP contribution in [0.15, 0.2) is 71.9 Å². The third-order valence-electron chi connectivity index (χ3n) is 4.47. The lowest BCUT2D eigenvalue weighted by Crippen LogP contribution is -2.08. The molecule has 3 N–H and O–H groups in total. The predicted octanol–water partition coefficient (Wildman–Crippen LogP) is 4.21. The highest BCUT2D eigenvalue weighted by molar-refractivity contribution is 7.90. The second-order valence-corrected chi connectivity index (χ2v) is 9.67. The molecule has 8 heteroatoms. The molecule has 2 aromatic heterocycles. The van der Waals surface area contributed by atoms with E-state index < -0.39 is 15.7 Å². The van der Waals surface area contributed by atoms with E-state index in [-0.39, 0.29) is 0 Å². The average Bonchev–Trinajstić information content (AvgIpc) is 3.14. The number of carbonyl (C=O) groups excluding carboxylic acids is 1. The number of sulfone groups is 1. The first-order valence-corrected chi connectivity index (χ1v) is 11.4. The van der Waals surface area contributed by atoms with Crippen LogP contribution in [0.4, 0.5) is 11.4 Å². The van der Waals surface area contributed by atoms with Gasteiger partial charge in [-0.1, -0.05) is 24.3 Å². The van der Waals surface area contributed by atoms with Crippen LogP contribution in [0, 0.1) is 0 Å². The Balaban J connectivity index is 1.59. The molecule has 0 fully saturated rings. The van der Waals surface area contributed by atoms with Gasteiger partial charge in [-0.05, 0) is 41.5 Å². The van der Waals surface area contributed by atoms with E-state index in [0.29, 0.717) is 9.77 Å². The van der Waals surface area contributed by atoms with Crippen molar-refractivity contribution in [3.05, 3.63) is 71.9 Å². The average molecular weight is 424 g/mol. The van der Waals surface area contributed by atoms with Crippen LogP contribution in [-0.2, 0) is 9.84 Å². The summed E-state index contributed by atoms with van der Waals surface area (Å²) in [4.78, 5) is 16.5. The molecule has 0 unspecified atom stereocenters. The number of nitrogens with zero attached hydrogens (tertiary/aromatic N) is 1. The Labute approximate surface area is 171 Å². The van der Waals surface area contributed by atoms with Gasteiger partial charge in [-0.15, -0.1) is 11.3 Å². The number of aromatic nitrogens is 1. The minimum atomic E-state index is -3.21. The summed E-state index contributed by atoms with van der Waals surface area (Å²) in [5, 5.41) is 4.21. The van der Waals surface area contributed by atoms with Crippen molar-refractivity contribution >= 4 is 48.5 Å². The predicted molar refractivity (Wildman–Crippen MR) is 116 cm³/mol. The Bertz CT molecular complexity index is 1310. The summed E-state index contributed by atoms with van der Waals surface area (Å²) in [6, 6.07) is 16.3. The highest BCUT2D eigenvalue weighted by Gasteiger charge is 2.11. The molecule has 4 rings (SSSR count). The number of benzene rings is 2. The third-order valence-corrected chi connectivity index (χ3v) is 6.68. The maximum atomic E-state index is 11.6. The molecule has 0 radical (unpaired) electrons. The molecule has 6 nitrogen and oxygen atoms in total. The molecular weight excluding hydrogens is 406 g/mol. The SMILES string of the molecule is CS(=O)(=O)c1ccc(-c2ccc(Nc3cncc4sc(C(N)=O)cc34)cc2)cc1. The maximum absolute atomic E-state index is 11.6. The van der Waals surface area contributed by atoms with Crippen LogP contribution in [0.1, 0.15) is 9.67 Å². The molecule has 2 aromatic carbocycles. The lowest BCUT2D eigenvalue weighted by Gasteiger charge is -2.09. The maximum Gasteiger partial charge on any atom is 0.258 e. The fourth-order valence-corrected chi connectivity index (χ4v) is 4.51. The number of nitrogens with one attached hydrogen (secondary N) is 1. The van der Waals surface area contributed by atoms with Crippen molar-refractivity contribution in [2.75, 3.05) is 11.6 Å². The number of rotatable bonds is 5. The first-order chi connectivity index (χ1) is 13.8. The van der Waals surface area contributed by atoms with Gasteiger partial charge >= 0.3 is 0 Å². The van der Waals surface area contributed by atoms with Crippen LogP contribution in [0.3, 0.4) is 0 Å². The molecule has 4 aromatic rings. The summed E-state index contributed by atoms with van der Waals surface area (Å²) in [5.41, 5.74) is 8.93. The highest BCUT2D eigenvalue weighted by Crippen LogP contribution is 2.32. The van der Waals surface area contributed by atoms with Crippen LogP contribution in [0.5, 0.6) is 0 Å². The van der Waals surface area contributed by atoms with E-state index in [1.807, 2.05) is 24.3 Å². The van der Waals surface area contributed by atoms with Gasteiger partial charge in [0.25, 0.3) is 5.91 Å². The van der Waals surface area contributed by atoms with Gasteiger partial charge in [0.05, 0.1) is 26.4 Å². The summed E-state index contributed by atoms with van der Waals surface area (Å²) < 4.78 is 24.1. The lowest BCUT2D eigenvalue weighted by molar-refractivity contribution is 0.100. The number of primary amides is 1. The Kier molecular flexibility index (Phi) is 4.81. The standard InChI is InChI=1S/C21H17N3O3S2/c1-29(26,27)16-8-4-14(5-9-16)13-2-6-15(7-3-13)24-18-11-23-12-20-17(18)10-19(28-20)21(22)25/h2-12,24H,1H3,(H2,22,25). The molecule has 1 amide bonds. The molecule has 0 aliphatic rings. The fraction of sp³-hybridized carbons (Fsp3) is 0.0476. The number of anilines is 2. The van der Waals surface area contributed by atoms with Gasteiger partial charge < -0.3 is 11.1 Å². The summed E-state index contributed by atoms with van der Waals surface area (Å²) in [6.07, 6.45) is 4.61. The Morgan fingerprint density at radius 2 is 1.62 bits per heavy atom. The molecule has 29 heavy (non-hydrogen) atoms. The van der Waals surface area contributed by atoms with E-state index in [2.05, 4.69) is 10.3 Å². The molecule has 0 bridgehead atoms. The van der Waals surface area contributed by atoms with Crippen molar-refractivity contribution in [1.29, 1.82) is 0 Å². The Morgan fingerprint density at radius 3 is 2.21 bits per heavy atom. The lowest BCUT2D eigenvalue weighted by atomic mass is 10.1. The number of thiophene rings is 1. The number of pyridine rings is 1. The highest BCUT2D eigenvalue weighted by atomic mass is 32.2. The minimum absolute atomic E-state index is 0.297. The monoisotopic (exact) mass is 423 g/mol. The molecular formula is C21H17N3O3S2. The van der Waals surface area contributed by atoms with Crippen LogP contribution < -0.4 is 11.1 Å². The van der Waals surface area contributed by atoms with Crippen molar-refractivity contribution < 1.29 is 13.2 Å². The van der Waals surface area contributed by atoms with Gasteiger partial charge in [-0.3, -0.25) is 9.78 Å². The van der Waals surface area contributed by atoms with Crippen molar-refractivity contribution in [3.63, 3.8) is 0 Å². The summed E-state index contributed by atoms with van der Waals surface area (Å²) in [5.74, 6) is -0.455. The van der Waals surface area contributed by atoms with Crippen LogP contribution in [-0.4, -0.2) is 25.6 Å². The van der Waals surface area contributed by atoms with Gasteiger partial charge in [0.2, 0.25) is 0 Å². The summed E-state index contributed by atoms with van der Waals surface area (Å²) in [7, 11) is -3.21. The normalized spacial score (nSPS) is 11.5. The zero-order valence-corrected chi connectivity index (χ0v) is 17.0. The van der Waals surface area contributed by atoms with Crippen molar-refractivity contribution in [2.24, 2.45) is 5.73 Å². The van der Waals surface area contributed by atoms with Crippen LogP contribution in [0.2, 0.25) is 0 Å². The molecule has 0 aliphatic carbocycles. The minimum Gasteiger partial charge on any atom is -0.365 e. The van der Waals surface area contributed by atoms with Gasteiger partial charge in [0.15, 0.2) is 9.84 Å². The van der Waals surface area contributed by atoms with E-state index in [4.69, 9.17) is 5.73 Å². The van der Waals surface area contributed by atoms with Crippen molar-refractivity contribution in [2.45, 2.75) is 4.90 Å². The molecule has 146 valence electrons. The zero-order chi connectivity index (χ0) is 20.6. The largest absolute Gasteiger partial charge is 0.365 e. The van der Waals surface area contributed by atoms with Crippen molar-refractivity contribution in [3.8, 4) is 11.1 Å². The number of amides is 1. The van der Waals surface area contributed by atoms with E-state index in [0.717, 1.165) is 32.6 Å². The van der Waals surface area contributed by atoms with Crippen molar-refractivity contribution in [1.82, 2.24) is 4.98 Å². The second kappa shape index (κ2) is 7.31. The fourth-order valence-electron chi connectivity index (χ4n) is 2.98. The summed E-state index contributed by atoms with van der Waals surface area (Å²) >= 11 is 1.31. The Hall–Kier alpha value is -3.23. The van der Waals surface area contributed by atoms with E-state index in [1.165, 1.54) is 17.6 Å². The van der Waals surface area contributed by atoms with Gasteiger partial charge in [0.1, 0.15) is 0 Å². The molecule has 2 heterocycles. The molecule has 0 saturated carbocycles. The topological polar surface area (TPSA) is 102 Å². The third kappa shape index (κ3) is 3.98.